The number of ether oxygens (including phenoxy) is 1. The van der Waals surface area contributed by atoms with Gasteiger partial charge in [-0.05, 0) is 36.8 Å². The number of hydrogen-bond donors (Lipinski definition) is 3. The van der Waals surface area contributed by atoms with Crippen molar-refractivity contribution in [3.8, 4) is 5.75 Å². The van der Waals surface area contributed by atoms with Gasteiger partial charge in [-0.1, -0.05) is 6.07 Å². The van der Waals surface area contributed by atoms with E-state index in [-0.39, 0.29) is 35.8 Å². The van der Waals surface area contributed by atoms with E-state index >= 15 is 0 Å². The van der Waals surface area contributed by atoms with Gasteiger partial charge in [-0.3, -0.25) is 9.89 Å². The van der Waals surface area contributed by atoms with Crippen molar-refractivity contribution in [3.05, 3.63) is 51.5 Å². The fourth-order valence-electron chi connectivity index (χ4n) is 3.19. The Balaban J connectivity index is 0.00000300. The lowest BCUT2D eigenvalue weighted by atomic mass is 10.2. The van der Waals surface area contributed by atoms with Crippen LogP contribution in [0.2, 0.25) is 0 Å². The SMILES string of the molecule is CN=C(NCc1ccc(O)c(F)c1)NCC(c1ccc(C)s1)N1CCOCC1.I. The van der Waals surface area contributed by atoms with Crippen molar-refractivity contribution in [3.63, 3.8) is 0 Å². The van der Waals surface area contributed by atoms with Crippen molar-refractivity contribution >= 4 is 41.3 Å². The number of phenols is 1. The van der Waals surface area contributed by atoms with Gasteiger partial charge in [-0.15, -0.1) is 35.3 Å². The van der Waals surface area contributed by atoms with Crippen LogP contribution in [0.25, 0.3) is 0 Å². The second kappa shape index (κ2) is 11.7. The van der Waals surface area contributed by atoms with E-state index in [1.165, 1.54) is 21.9 Å². The highest BCUT2D eigenvalue weighted by Crippen LogP contribution is 2.27. The Kier molecular flexibility index (Phi) is 9.60. The third-order valence-electron chi connectivity index (χ3n) is 4.73. The van der Waals surface area contributed by atoms with Gasteiger partial charge in [-0.25, -0.2) is 4.39 Å². The van der Waals surface area contributed by atoms with Crippen molar-refractivity contribution in [1.29, 1.82) is 0 Å². The topological polar surface area (TPSA) is 69.1 Å². The van der Waals surface area contributed by atoms with Gasteiger partial charge in [0.2, 0.25) is 0 Å². The largest absolute Gasteiger partial charge is 0.505 e. The number of morpholine rings is 1. The smallest absolute Gasteiger partial charge is 0.191 e. The molecular weight excluding hydrogens is 506 g/mol. The number of guanidine groups is 1. The molecule has 1 aliphatic rings. The van der Waals surface area contributed by atoms with E-state index in [0.717, 1.165) is 31.9 Å². The monoisotopic (exact) mass is 534 g/mol. The van der Waals surface area contributed by atoms with Crippen molar-refractivity contribution in [2.75, 3.05) is 39.9 Å². The van der Waals surface area contributed by atoms with Gasteiger partial charge in [-0.2, -0.15) is 0 Å². The van der Waals surface area contributed by atoms with Crippen LogP contribution < -0.4 is 10.6 Å². The average molecular weight is 534 g/mol. The molecule has 160 valence electrons. The summed E-state index contributed by atoms with van der Waals surface area (Å²) < 4.78 is 19.0. The van der Waals surface area contributed by atoms with Gasteiger partial charge < -0.3 is 20.5 Å². The normalized spacial score (nSPS) is 16.2. The van der Waals surface area contributed by atoms with E-state index in [9.17, 15) is 9.50 Å². The molecule has 0 radical (unpaired) electrons. The summed E-state index contributed by atoms with van der Waals surface area (Å²) in [6, 6.07) is 8.95. The molecule has 0 bridgehead atoms. The van der Waals surface area contributed by atoms with E-state index in [1.807, 2.05) is 11.3 Å². The molecular formula is C20H28FIN4O2S. The molecule has 2 aromatic rings. The lowest BCUT2D eigenvalue weighted by Crippen LogP contribution is -2.46. The predicted molar refractivity (Wildman–Crippen MR) is 126 cm³/mol. The van der Waals surface area contributed by atoms with Gasteiger partial charge >= 0.3 is 0 Å². The number of phenolic OH excluding ortho intramolecular Hbond substituents is 1. The maximum absolute atomic E-state index is 13.5. The van der Waals surface area contributed by atoms with Crippen molar-refractivity contribution in [2.24, 2.45) is 4.99 Å². The molecule has 3 rings (SSSR count). The molecule has 1 saturated heterocycles. The Hall–Kier alpha value is -1.43. The second-order valence-corrected chi connectivity index (χ2v) is 8.02. The molecule has 29 heavy (non-hydrogen) atoms. The minimum atomic E-state index is -0.623. The predicted octanol–water partition coefficient (Wildman–Crippen LogP) is 3.26. The standard InChI is InChI=1S/C20H27FN4O2S.HI/c1-14-3-6-19(28-14)17(25-7-9-27-10-8-25)13-24-20(22-2)23-12-15-4-5-18(26)16(21)11-15;/h3-6,11,17,26H,7-10,12-13H2,1-2H3,(H2,22,23,24);1H. The molecule has 1 aliphatic heterocycles. The van der Waals surface area contributed by atoms with Crippen LogP contribution in [0.15, 0.2) is 35.3 Å². The molecule has 1 aromatic heterocycles. The number of aryl methyl sites for hydroxylation is 1. The van der Waals surface area contributed by atoms with Crippen LogP contribution in [0.3, 0.4) is 0 Å². The number of aromatic hydroxyl groups is 1. The lowest BCUT2D eigenvalue weighted by Gasteiger charge is -2.34. The van der Waals surface area contributed by atoms with Crippen LogP contribution in [-0.4, -0.2) is 55.9 Å². The first kappa shape index (κ1) is 23.8. The van der Waals surface area contributed by atoms with Gasteiger partial charge in [0.25, 0.3) is 0 Å². The fraction of sp³-hybridized carbons (Fsp3) is 0.450. The first-order chi connectivity index (χ1) is 13.6. The van der Waals surface area contributed by atoms with E-state index in [0.29, 0.717) is 19.0 Å². The average Bonchev–Trinajstić information content (AvgIpc) is 3.14. The van der Waals surface area contributed by atoms with Crippen molar-refractivity contribution < 1.29 is 14.2 Å². The number of benzene rings is 1. The van der Waals surface area contributed by atoms with E-state index in [2.05, 4.69) is 39.6 Å². The summed E-state index contributed by atoms with van der Waals surface area (Å²) >= 11 is 1.81. The van der Waals surface area contributed by atoms with E-state index in [4.69, 9.17) is 4.74 Å². The van der Waals surface area contributed by atoms with Gasteiger partial charge in [0.05, 0.1) is 19.3 Å². The highest BCUT2D eigenvalue weighted by Gasteiger charge is 2.24. The Bertz CT molecular complexity index is 812. The zero-order valence-corrected chi connectivity index (χ0v) is 19.8. The van der Waals surface area contributed by atoms with Crippen LogP contribution in [-0.2, 0) is 11.3 Å². The molecule has 1 atom stereocenters. The summed E-state index contributed by atoms with van der Waals surface area (Å²) in [5.41, 5.74) is 0.733. The van der Waals surface area contributed by atoms with Crippen LogP contribution >= 0.6 is 35.3 Å². The summed E-state index contributed by atoms with van der Waals surface area (Å²) in [6.07, 6.45) is 0. The van der Waals surface area contributed by atoms with Crippen LogP contribution in [0.4, 0.5) is 4.39 Å². The molecule has 0 saturated carbocycles. The van der Waals surface area contributed by atoms with Crippen LogP contribution in [0.5, 0.6) is 5.75 Å². The van der Waals surface area contributed by atoms with Gasteiger partial charge in [0.1, 0.15) is 0 Å². The molecule has 0 aliphatic carbocycles. The maximum Gasteiger partial charge on any atom is 0.191 e. The maximum atomic E-state index is 13.5. The molecule has 1 unspecified atom stereocenters. The highest BCUT2D eigenvalue weighted by molar-refractivity contribution is 14.0. The lowest BCUT2D eigenvalue weighted by molar-refractivity contribution is 0.0177. The first-order valence-corrected chi connectivity index (χ1v) is 10.2. The zero-order valence-electron chi connectivity index (χ0n) is 16.7. The Labute approximate surface area is 192 Å². The number of halogens is 2. The van der Waals surface area contributed by atoms with Crippen LogP contribution in [0.1, 0.15) is 21.4 Å². The summed E-state index contributed by atoms with van der Waals surface area (Å²) in [7, 11) is 1.71. The van der Waals surface area contributed by atoms with Gasteiger partial charge in [0.15, 0.2) is 17.5 Å². The molecule has 0 amide bonds. The quantitative estimate of drug-likeness (QED) is 0.302. The number of nitrogens with one attached hydrogen (secondary N) is 2. The van der Waals surface area contributed by atoms with E-state index in [1.54, 1.807) is 13.1 Å². The van der Waals surface area contributed by atoms with Crippen LogP contribution in [0, 0.1) is 12.7 Å². The third-order valence-corrected chi connectivity index (χ3v) is 5.84. The number of thiophene rings is 1. The number of aliphatic imine (C=N–C) groups is 1. The second-order valence-electron chi connectivity index (χ2n) is 6.70. The zero-order chi connectivity index (χ0) is 19.9. The summed E-state index contributed by atoms with van der Waals surface area (Å²) in [5, 5.41) is 15.9. The molecule has 3 N–H and O–H groups in total. The number of rotatable bonds is 6. The molecule has 1 fully saturated rings. The molecule has 1 aromatic carbocycles. The Morgan fingerprint density at radius 3 is 2.66 bits per heavy atom. The molecule has 0 spiro atoms. The summed E-state index contributed by atoms with van der Waals surface area (Å²) in [5.74, 6) is -0.312. The van der Waals surface area contributed by atoms with Crippen molar-refractivity contribution in [1.82, 2.24) is 15.5 Å². The highest BCUT2D eigenvalue weighted by atomic mass is 127. The Morgan fingerprint density at radius 1 is 1.28 bits per heavy atom. The fourth-order valence-corrected chi connectivity index (χ4v) is 4.20. The summed E-state index contributed by atoms with van der Waals surface area (Å²) in [4.78, 5) is 9.32. The molecule has 6 nitrogen and oxygen atoms in total. The third kappa shape index (κ3) is 6.80. The molecule has 2 heterocycles. The van der Waals surface area contributed by atoms with Crippen molar-refractivity contribution in [2.45, 2.75) is 19.5 Å². The summed E-state index contributed by atoms with van der Waals surface area (Å²) in [6.45, 7) is 6.56. The first-order valence-electron chi connectivity index (χ1n) is 9.37. The molecule has 9 heteroatoms. The van der Waals surface area contributed by atoms with E-state index < -0.39 is 5.82 Å². The number of hydrogen-bond acceptors (Lipinski definition) is 5. The minimum absolute atomic E-state index is 0. The number of nitrogens with zero attached hydrogens (tertiary/aromatic N) is 2. The Morgan fingerprint density at radius 2 is 2.03 bits per heavy atom. The minimum Gasteiger partial charge on any atom is -0.505 e. The van der Waals surface area contributed by atoms with Gasteiger partial charge in [0, 0.05) is 43.0 Å².